The number of hydrogen-bond donors (Lipinski definition) is 1. The van der Waals surface area contributed by atoms with Crippen LogP contribution in [-0.4, -0.2) is 81.9 Å². The van der Waals surface area contributed by atoms with Crippen LogP contribution in [0.2, 0.25) is 0 Å². The minimum atomic E-state index is -4.54. The van der Waals surface area contributed by atoms with Crippen LogP contribution in [0.25, 0.3) is 0 Å². The smallest absolute Gasteiger partial charge is 0.416 e. The fraction of sp³-hybridized carbons (Fsp3) is 0.368. The molecule has 2 aliphatic heterocycles. The first kappa shape index (κ1) is 37.0. The van der Waals surface area contributed by atoms with Gasteiger partial charge in [-0.2, -0.15) is 13.2 Å². The van der Waals surface area contributed by atoms with E-state index in [0.717, 1.165) is 23.3 Å². The number of carbonyl (C=O) groups excluding carboxylic acids is 4. The molecule has 0 aliphatic carbocycles. The Morgan fingerprint density at radius 2 is 1.66 bits per heavy atom. The fourth-order valence-electron chi connectivity index (χ4n) is 6.39. The lowest BCUT2D eigenvalue weighted by atomic mass is 9.99. The van der Waals surface area contributed by atoms with Gasteiger partial charge in [0.25, 0.3) is 5.89 Å². The SMILES string of the molecule is Cc1cc(Cc2nnc(C(=O)C(NC(=O)CN3C(=O)CN(Cc4ccc5c(c4)OCCO5)C(=O)[C@@H]3Cc3ccccc3)C(C)C)o2)cc(C(F)(F)F)c1. The molecule has 0 bridgehead atoms. The minimum absolute atomic E-state index is 0.0807. The van der Waals surface area contributed by atoms with Crippen molar-refractivity contribution in [3.63, 3.8) is 0 Å². The summed E-state index contributed by atoms with van der Waals surface area (Å²) >= 11 is 0. The number of amides is 3. The molecule has 0 spiro atoms. The van der Waals surface area contributed by atoms with E-state index in [4.69, 9.17) is 13.9 Å². The molecule has 0 saturated carbocycles. The van der Waals surface area contributed by atoms with Gasteiger partial charge in [-0.25, -0.2) is 0 Å². The third kappa shape index (κ3) is 8.84. The van der Waals surface area contributed by atoms with Gasteiger partial charge in [-0.15, -0.1) is 10.2 Å². The maximum Gasteiger partial charge on any atom is 0.416 e. The highest BCUT2D eigenvalue weighted by atomic mass is 19.4. The van der Waals surface area contributed by atoms with E-state index in [0.29, 0.717) is 30.3 Å². The monoisotopic (exact) mass is 733 g/mol. The first-order valence-corrected chi connectivity index (χ1v) is 17.1. The van der Waals surface area contributed by atoms with Crippen LogP contribution < -0.4 is 14.8 Å². The second-order valence-corrected chi connectivity index (χ2v) is 13.4. The van der Waals surface area contributed by atoms with Crippen LogP contribution >= 0.6 is 0 Å². The summed E-state index contributed by atoms with van der Waals surface area (Å²) in [6.07, 6.45) is -4.54. The number of piperazine rings is 1. The van der Waals surface area contributed by atoms with Gasteiger partial charge in [0.15, 0.2) is 11.5 Å². The Bertz CT molecular complexity index is 2000. The van der Waals surface area contributed by atoms with Crippen molar-refractivity contribution in [2.24, 2.45) is 5.92 Å². The van der Waals surface area contributed by atoms with E-state index < -0.39 is 59.8 Å². The van der Waals surface area contributed by atoms with Gasteiger partial charge in [-0.3, -0.25) is 19.2 Å². The molecule has 0 radical (unpaired) electrons. The molecule has 3 amide bonds. The molecular formula is C38H38F3N5O7. The zero-order valence-corrected chi connectivity index (χ0v) is 29.3. The molecule has 3 heterocycles. The number of benzene rings is 3. The number of alkyl halides is 3. The number of halogens is 3. The van der Waals surface area contributed by atoms with Crippen molar-refractivity contribution in [3.8, 4) is 11.5 Å². The van der Waals surface area contributed by atoms with E-state index >= 15 is 0 Å². The van der Waals surface area contributed by atoms with Gasteiger partial charge in [0, 0.05) is 13.0 Å². The van der Waals surface area contributed by atoms with Gasteiger partial charge < -0.3 is 29.0 Å². The summed E-state index contributed by atoms with van der Waals surface area (Å²) in [6.45, 7) is 5.12. The van der Waals surface area contributed by atoms with Crippen LogP contribution in [0.3, 0.4) is 0 Å². The molecule has 1 N–H and O–H groups in total. The van der Waals surface area contributed by atoms with Crippen LogP contribution in [0.4, 0.5) is 13.2 Å². The van der Waals surface area contributed by atoms with E-state index in [1.165, 1.54) is 16.7 Å². The molecule has 53 heavy (non-hydrogen) atoms. The van der Waals surface area contributed by atoms with E-state index in [1.807, 2.05) is 30.3 Å². The third-order valence-corrected chi connectivity index (χ3v) is 8.95. The number of hydrogen-bond acceptors (Lipinski definition) is 9. The van der Waals surface area contributed by atoms with Gasteiger partial charge in [-0.05, 0) is 53.8 Å². The van der Waals surface area contributed by atoms with Crippen molar-refractivity contribution in [3.05, 3.63) is 106 Å². The Morgan fingerprint density at radius 1 is 0.925 bits per heavy atom. The quantitative estimate of drug-likeness (QED) is 0.207. The van der Waals surface area contributed by atoms with Gasteiger partial charge in [0.1, 0.15) is 32.3 Å². The van der Waals surface area contributed by atoms with E-state index in [2.05, 4.69) is 15.5 Å². The van der Waals surface area contributed by atoms with Gasteiger partial charge in [0.05, 0.1) is 18.0 Å². The summed E-state index contributed by atoms with van der Waals surface area (Å²) in [6, 6.07) is 15.9. The van der Waals surface area contributed by atoms with E-state index in [-0.39, 0.29) is 43.3 Å². The normalized spacial score (nSPS) is 16.5. The Kier molecular flexibility index (Phi) is 10.8. The summed E-state index contributed by atoms with van der Waals surface area (Å²) < 4.78 is 56.8. The lowest BCUT2D eigenvalue weighted by Crippen LogP contribution is -2.62. The molecule has 6 rings (SSSR count). The molecule has 1 aromatic heterocycles. The van der Waals surface area contributed by atoms with Crippen LogP contribution in [0.1, 0.15) is 58.2 Å². The summed E-state index contributed by atoms with van der Waals surface area (Å²) in [5, 5.41) is 10.3. The predicted molar refractivity (Wildman–Crippen MR) is 183 cm³/mol. The number of Topliss-reactive ketones (excluding diaryl/α,β-unsaturated/α-hetero) is 1. The van der Waals surface area contributed by atoms with Crippen molar-refractivity contribution in [1.29, 1.82) is 0 Å². The summed E-state index contributed by atoms with van der Waals surface area (Å²) in [5.74, 6) is -2.00. The molecule has 4 aromatic rings. The Balaban J connectivity index is 1.15. The number of ketones is 1. The molecule has 278 valence electrons. The first-order valence-electron chi connectivity index (χ1n) is 17.1. The van der Waals surface area contributed by atoms with Crippen LogP contribution in [0, 0.1) is 12.8 Å². The lowest BCUT2D eigenvalue weighted by Gasteiger charge is -2.40. The molecule has 2 aliphatic rings. The topological polar surface area (TPSA) is 144 Å². The average Bonchev–Trinajstić information content (AvgIpc) is 3.58. The predicted octanol–water partition coefficient (Wildman–Crippen LogP) is 4.56. The molecule has 2 atom stereocenters. The molecule has 3 aromatic carbocycles. The molecular weight excluding hydrogens is 695 g/mol. The second kappa shape index (κ2) is 15.5. The summed E-state index contributed by atoms with van der Waals surface area (Å²) in [4.78, 5) is 57.4. The van der Waals surface area contributed by atoms with Gasteiger partial charge in [0.2, 0.25) is 29.4 Å². The van der Waals surface area contributed by atoms with Crippen molar-refractivity contribution >= 4 is 23.5 Å². The second-order valence-electron chi connectivity index (χ2n) is 13.4. The number of carbonyl (C=O) groups is 4. The zero-order chi connectivity index (χ0) is 37.9. The first-order chi connectivity index (χ1) is 25.2. The van der Waals surface area contributed by atoms with E-state index in [9.17, 15) is 32.3 Å². The number of rotatable bonds is 12. The van der Waals surface area contributed by atoms with Crippen molar-refractivity contribution < 1.29 is 46.2 Å². The highest BCUT2D eigenvalue weighted by Gasteiger charge is 2.41. The van der Waals surface area contributed by atoms with Crippen molar-refractivity contribution in [2.75, 3.05) is 26.3 Å². The maximum absolute atomic E-state index is 14.0. The third-order valence-electron chi connectivity index (χ3n) is 8.95. The lowest BCUT2D eigenvalue weighted by molar-refractivity contribution is -0.157. The Morgan fingerprint density at radius 3 is 2.38 bits per heavy atom. The van der Waals surface area contributed by atoms with Crippen LogP contribution in [-0.2, 0) is 39.9 Å². The van der Waals surface area contributed by atoms with Gasteiger partial charge >= 0.3 is 6.18 Å². The minimum Gasteiger partial charge on any atom is -0.486 e. The zero-order valence-electron chi connectivity index (χ0n) is 29.3. The summed E-state index contributed by atoms with van der Waals surface area (Å²) in [7, 11) is 0. The number of ether oxygens (including phenoxy) is 2. The molecule has 1 saturated heterocycles. The number of aromatic nitrogens is 2. The summed E-state index contributed by atoms with van der Waals surface area (Å²) in [5.41, 5.74) is 1.36. The molecule has 1 unspecified atom stereocenters. The molecule has 15 heteroatoms. The Hall–Kier alpha value is -5.73. The largest absolute Gasteiger partial charge is 0.486 e. The fourth-order valence-corrected chi connectivity index (χ4v) is 6.39. The molecule has 12 nitrogen and oxygen atoms in total. The Labute approximate surface area is 303 Å². The van der Waals surface area contributed by atoms with Crippen LogP contribution in [0.15, 0.2) is 71.1 Å². The van der Waals surface area contributed by atoms with Crippen molar-refractivity contribution in [1.82, 2.24) is 25.3 Å². The number of nitrogens with zero attached hydrogens (tertiary/aromatic N) is 4. The number of nitrogens with one attached hydrogen (secondary N) is 1. The number of aryl methyl sites for hydroxylation is 1. The average molecular weight is 734 g/mol. The number of fused-ring (bicyclic) bond motifs is 1. The van der Waals surface area contributed by atoms with Gasteiger partial charge in [-0.1, -0.05) is 61.9 Å². The van der Waals surface area contributed by atoms with Crippen LogP contribution in [0.5, 0.6) is 11.5 Å². The van der Waals surface area contributed by atoms with Crippen molar-refractivity contribution in [2.45, 2.75) is 58.4 Å². The standard InChI is InChI=1S/C38H38F3N5O7/c1-22(2)34(35(49)36-44-43-32(53-36)18-26-13-23(3)14-27(15-26)38(39,40)41)42-31(47)20-46-28(16-24-7-5-4-6-8-24)37(50)45(21-33(46)48)19-25-9-10-29-30(17-25)52-12-11-51-29/h4-10,13-15,17,22,28,34H,11-12,16,18-21H2,1-3H3,(H,42,47)/t28-,34?/m0/s1. The van der Waals surface area contributed by atoms with E-state index in [1.54, 1.807) is 38.1 Å². The highest BCUT2D eigenvalue weighted by molar-refractivity contribution is 6.00. The maximum atomic E-state index is 14.0. The molecule has 1 fully saturated rings. The highest BCUT2D eigenvalue weighted by Crippen LogP contribution is 2.32.